The summed E-state index contributed by atoms with van der Waals surface area (Å²) in [6.07, 6.45) is 2.31. The fourth-order valence-corrected chi connectivity index (χ4v) is 7.49. The minimum absolute atomic E-state index is 0.0380. The number of carbonyl (C=O) groups is 1. The summed E-state index contributed by atoms with van der Waals surface area (Å²) < 4.78 is 35.3. The highest BCUT2D eigenvalue weighted by Gasteiger charge is 2.31. The molecule has 0 spiro atoms. The summed E-state index contributed by atoms with van der Waals surface area (Å²) in [5.74, 6) is 0.722. The Bertz CT molecular complexity index is 1770. The Morgan fingerprint density at radius 3 is 2.21 bits per heavy atom. The van der Waals surface area contributed by atoms with Crippen LogP contribution in [0.3, 0.4) is 0 Å². The molecule has 4 rings (SSSR count). The van der Waals surface area contributed by atoms with E-state index in [0.29, 0.717) is 18.1 Å². The van der Waals surface area contributed by atoms with Crippen LogP contribution in [0.2, 0.25) is 20.1 Å². The number of nitrogens with one attached hydrogen (secondary N) is 2. The molecule has 0 radical (unpaired) electrons. The molecule has 254 valence electrons. The van der Waals surface area contributed by atoms with Gasteiger partial charge in [-0.15, -0.1) is 0 Å². The van der Waals surface area contributed by atoms with E-state index in [2.05, 4.69) is 68.8 Å². The molecule has 1 fully saturated rings. The molecule has 1 aliphatic heterocycles. The molecule has 0 aliphatic carbocycles. The van der Waals surface area contributed by atoms with Gasteiger partial charge in [0.1, 0.15) is 22.2 Å². The van der Waals surface area contributed by atoms with Crippen molar-refractivity contribution in [2.24, 2.45) is 4.99 Å². The molecule has 0 atom stereocenters. The topological polar surface area (TPSA) is 100 Å². The van der Waals surface area contributed by atoms with Crippen LogP contribution in [0.25, 0.3) is 0 Å². The smallest absolute Gasteiger partial charge is 0.253 e. The molecule has 3 aromatic rings. The second-order valence-electron chi connectivity index (χ2n) is 12.7. The molecule has 0 saturated carbocycles. The van der Waals surface area contributed by atoms with Crippen LogP contribution in [-0.4, -0.2) is 33.3 Å². The zero-order valence-electron chi connectivity index (χ0n) is 27.3. The number of hydrogen-bond donors (Lipinski definition) is 2. The summed E-state index contributed by atoms with van der Waals surface area (Å²) in [6.45, 7) is 13.7. The van der Waals surface area contributed by atoms with Gasteiger partial charge in [-0.05, 0) is 72.1 Å². The van der Waals surface area contributed by atoms with E-state index in [4.69, 9.17) is 51.1 Å². The summed E-state index contributed by atoms with van der Waals surface area (Å²) in [4.78, 5) is 17.1. The van der Waals surface area contributed by atoms with Crippen LogP contribution in [0.5, 0.6) is 5.75 Å². The second kappa shape index (κ2) is 14.9. The summed E-state index contributed by atoms with van der Waals surface area (Å²) in [6, 6.07) is 13.7. The predicted octanol–water partition coefficient (Wildman–Crippen LogP) is 9.39. The Kier molecular flexibility index (Phi) is 11.8. The first-order chi connectivity index (χ1) is 22.0. The third-order valence-electron chi connectivity index (χ3n) is 8.61. The van der Waals surface area contributed by atoms with Crippen molar-refractivity contribution >= 4 is 79.5 Å². The van der Waals surface area contributed by atoms with Gasteiger partial charge in [-0.1, -0.05) is 100 Å². The van der Waals surface area contributed by atoms with Crippen molar-refractivity contribution < 1.29 is 17.9 Å². The van der Waals surface area contributed by atoms with Gasteiger partial charge in [0, 0.05) is 17.1 Å². The average Bonchev–Trinajstić information content (AvgIpc) is 3.36. The van der Waals surface area contributed by atoms with Crippen molar-refractivity contribution in [1.82, 2.24) is 10.1 Å². The standard InChI is InChI=1S/C34H40Cl4N4O4S/c1-7-33(3,4)21-10-13-28(24(16-21)34(5,6)8-2)46-15-9-14-39-47(44,45)29-19-23(11-12-25(29)36)40-30-20-31(43)42(41-30)32-26(37)17-22(35)18-27(32)38/h10-13,16-19,39H,7-9,14-15,20H2,1-6H3,(H,40,41). The maximum Gasteiger partial charge on any atom is 0.253 e. The monoisotopic (exact) mass is 740 g/mol. The van der Waals surface area contributed by atoms with Crippen LogP contribution in [0, 0.1) is 0 Å². The minimum atomic E-state index is -3.98. The van der Waals surface area contributed by atoms with E-state index in [9.17, 15) is 13.2 Å². The van der Waals surface area contributed by atoms with Gasteiger partial charge in [0.05, 0.1) is 33.8 Å². The zero-order chi connectivity index (χ0) is 34.7. The van der Waals surface area contributed by atoms with Gasteiger partial charge in [-0.2, -0.15) is 0 Å². The number of carbonyl (C=O) groups excluding carboxylic acids is 1. The van der Waals surface area contributed by atoms with E-state index in [-0.39, 0.29) is 66.9 Å². The Morgan fingerprint density at radius 2 is 1.57 bits per heavy atom. The molecule has 0 aromatic heterocycles. The zero-order valence-corrected chi connectivity index (χ0v) is 31.1. The molecule has 1 aliphatic rings. The Morgan fingerprint density at radius 1 is 0.915 bits per heavy atom. The van der Waals surface area contributed by atoms with Crippen molar-refractivity contribution in [3.8, 4) is 5.75 Å². The quantitative estimate of drug-likeness (QED) is 0.170. The number of hydrazine groups is 1. The fourth-order valence-electron chi connectivity index (χ4n) is 4.91. The molecule has 0 bridgehead atoms. The molecule has 47 heavy (non-hydrogen) atoms. The number of halogens is 4. The Hall–Kier alpha value is -2.53. The van der Waals surface area contributed by atoms with E-state index in [1.165, 1.54) is 34.8 Å². The van der Waals surface area contributed by atoms with E-state index in [0.717, 1.165) is 24.2 Å². The molecule has 1 saturated heterocycles. The largest absolute Gasteiger partial charge is 0.493 e. The Labute approximate surface area is 297 Å². The van der Waals surface area contributed by atoms with Crippen molar-refractivity contribution in [2.45, 2.75) is 83.0 Å². The lowest BCUT2D eigenvalue weighted by atomic mass is 9.76. The first kappa shape index (κ1) is 37.3. The van der Waals surface area contributed by atoms with Crippen LogP contribution in [0.4, 0.5) is 11.4 Å². The molecule has 13 heteroatoms. The number of anilines is 1. The third kappa shape index (κ3) is 8.74. The van der Waals surface area contributed by atoms with Gasteiger partial charge in [0.25, 0.3) is 5.91 Å². The number of rotatable bonds is 13. The highest BCUT2D eigenvalue weighted by Crippen LogP contribution is 2.39. The maximum absolute atomic E-state index is 13.2. The number of nitrogens with zero attached hydrogens (tertiary/aromatic N) is 2. The van der Waals surface area contributed by atoms with Gasteiger partial charge >= 0.3 is 0 Å². The van der Waals surface area contributed by atoms with Gasteiger partial charge < -0.3 is 4.74 Å². The highest BCUT2D eigenvalue weighted by atomic mass is 35.5. The fraction of sp³-hybridized carbons (Fsp3) is 0.412. The van der Waals surface area contributed by atoms with E-state index >= 15 is 0 Å². The SMILES string of the molecule is CCC(C)(C)c1ccc(OCCCNS(=O)(=O)c2cc(N=C3CC(=O)N(c4c(Cl)cc(Cl)cc4Cl)N3)ccc2Cl)c(C(C)(C)CC)c1. The predicted molar refractivity (Wildman–Crippen MR) is 194 cm³/mol. The van der Waals surface area contributed by atoms with Crippen LogP contribution in [-0.2, 0) is 25.6 Å². The molecule has 3 aromatic carbocycles. The molecule has 0 unspecified atom stereocenters. The van der Waals surface area contributed by atoms with Crippen LogP contribution >= 0.6 is 46.4 Å². The number of hydrogen-bond acceptors (Lipinski definition) is 5. The van der Waals surface area contributed by atoms with Gasteiger partial charge in [-0.3, -0.25) is 10.2 Å². The minimum Gasteiger partial charge on any atom is -0.493 e. The van der Waals surface area contributed by atoms with Gasteiger partial charge in [0.15, 0.2) is 0 Å². The summed E-state index contributed by atoms with van der Waals surface area (Å²) in [5.41, 5.74) is 5.77. The van der Waals surface area contributed by atoms with Gasteiger partial charge in [-0.25, -0.2) is 23.1 Å². The summed E-state index contributed by atoms with van der Waals surface area (Å²) in [7, 11) is -3.98. The second-order valence-corrected chi connectivity index (χ2v) is 16.1. The number of ether oxygens (including phenoxy) is 1. The number of benzene rings is 3. The van der Waals surface area contributed by atoms with E-state index in [1.54, 1.807) is 6.07 Å². The molecule has 8 nitrogen and oxygen atoms in total. The lowest BCUT2D eigenvalue weighted by Gasteiger charge is -2.30. The summed E-state index contributed by atoms with van der Waals surface area (Å²) >= 11 is 24.9. The number of amidine groups is 1. The van der Waals surface area contributed by atoms with E-state index < -0.39 is 10.0 Å². The first-order valence-electron chi connectivity index (χ1n) is 15.4. The van der Waals surface area contributed by atoms with Crippen LogP contribution in [0.1, 0.15) is 78.4 Å². The number of amides is 1. The lowest BCUT2D eigenvalue weighted by Crippen LogP contribution is -2.36. The third-order valence-corrected chi connectivity index (χ3v) is 11.3. The van der Waals surface area contributed by atoms with Crippen LogP contribution in [0.15, 0.2) is 58.4 Å². The van der Waals surface area contributed by atoms with Crippen molar-refractivity contribution in [2.75, 3.05) is 18.2 Å². The molecular weight excluding hydrogens is 702 g/mol. The van der Waals surface area contributed by atoms with Crippen molar-refractivity contribution in [3.63, 3.8) is 0 Å². The summed E-state index contributed by atoms with van der Waals surface area (Å²) in [5, 5.41) is 1.91. The molecule has 2 N–H and O–H groups in total. The normalized spacial score (nSPS) is 15.0. The maximum atomic E-state index is 13.2. The van der Waals surface area contributed by atoms with Crippen LogP contribution < -0.4 is 19.9 Å². The highest BCUT2D eigenvalue weighted by molar-refractivity contribution is 7.89. The van der Waals surface area contributed by atoms with E-state index in [1.807, 2.05) is 6.07 Å². The van der Waals surface area contributed by atoms with Gasteiger partial charge in [0.2, 0.25) is 10.0 Å². The Balaban J connectivity index is 1.42. The number of aliphatic imine (C=N–C) groups is 1. The molecule has 1 heterocycles. The van der Waals surface area contributed by atoms with Crippen molar-refractivity contribution in [3.05, 3.63) is 79.7 Å². The first-order valence-corrected chi connectivity index (χ1v) is 18.4. The lowest BCUT2D eigenvalue weighted by molar-refractivity contribution is -0.116. The molecule has 1 amide bonds. The molecular formula is C34H40Cl4N4O4S. The average molecular weight is 743 g/mol. The van der Waals surface area contributed by atoms with Crippen molar-refractivity contribution in [1.29, 1.82) is 0 Å². The number of sulfonamides is 1.